The maximum atomic E-state index is 12.9. The van der Waals surface area contributed by atoms with E-state index in [-0.39, 0.29) is 42.7 Å². The lowest BCUT2D eigenvalue weighted by Crippen LogP contribution is -2.41. The number of halogens is 2. The van der Waals surface area contributed by atoms with E-state index in [4.69, 9.17) is 5.73 Å². The summed E-state index contributed by atoms with van der Waals surface area (Å²) in [5, 5.41) is 0.945. The van der Waals surface area contributed by atoms with Gasteiger partial charge in [0.05, 0.1) is 5.92 Å². The summed E-state index contributed by atoms with van der Waals surface area (Å²) in [4.78, 5) is 21.5. The van der Waals surface area contributed by atoms with Crippen LogP contribution in [0.3, 0.4) is 0 Å². The van der Waals surface area contributed by atoms with E-state index in [9.17, 15) is 4.79 Å². The average Bonchev–Trinajstić information content (AvgIpc) is 2.93. The summed E-state index contributed by atoms with van der Waals surface area (Å²) in [6.07, 6.45) is 0.928. The van der Waals surface area contributed by atoms with Crippen molar-refractivity contribution in [3.8, 4) is 0 Å². The second-order valence-electron chi connectivity index (χ2n) is 6.52. The first-order chi connectivity index (χ1) is 12.1. The lowest BCUT2D eigenvalue weighted by atomic mass is 9.94. The van der Waals surface area contributed by atoms with Gasteiger partial charge in [-0.15, -0.1) is 24.8 Å². The van der Waals surface area contributed by atoms with Gasteiger partial charge in [0, 0.05) is 43.8 Å². The molecule has 2 heterocycles. The van der Waals surface area contributed by atoms with Crippen LogP contribution >= 0.6 is 36.3 Å². The molecule has 1 fully saturated rings. The fraction of sp³-hybridized carbons (Fsp3) is 0.500. The standard InChI is InChI=1S/C18H25N5OS.2ClH/c1-13(16(19)15-7-4-3-5-8-15)17(24)22-9-6-10-23(12-11-22)18-20-14(2)21-25-18;;/h3-5,7-8,13,16H,6,9-12,19H2,1-2H3;2*1H. The van der Waals surface area contributed by atoms with Gasteiger partial charge in [-0.1, -0.05) is 37.3 Å². The molecule has 1 aliphatic rings. The Morgan fingerprint density at radius 2 is 1.85 bits per heavy atom. The van der Waals surface area contributed by atoms with Gasteiger partial charge in [0.25, 0.3) is 0 Å². The van der Waals surface area contributed by atoms with E-state index in [0.29, 0.717) is 6.54 Å². The van der Waals surface area contributed by atoms with E-state index >= 15 is 0 Å². The van der Waals surface area contributed by atoms with Crippen molar-refractivity contribution in [3.63, 3.8) is 0 Å². The lowest BCUT2D eigenvalue weighted by Gasteiger charge is -2.27. The fourth-order valence-electron chi connectivity index (χ4n) is 3.15. The number of aryl methyl sites for hydroxylation is 1. The summed E-state index contributed by atoms with van der Waals surface area (Å²) < 4.78 is 4.25. The minimum atomic E-state index is -0.279. The molecule has 2 aromatic rings. The number of hydrogen-bond donors (Lipinski definition) is 1. The molecule has 2 atom stereocenters. The van der Waals surface area contributed by atoms with Crippen molar-refractivity contribution in [2.45, 2.75) is 26.3 Å². The predicted octanol–water partition coefficient (Wildman–Crippen LogP) is 3.06. The highest BCUT2D eigenvalue weighted by molar-refractivity contribution is 7.09. The second kappa shape index (κ2) is 10.8. The third kappa shape index (κ3) is 5.78. The molecular formula is C18H27Cl2N5OS. The van der Waals surface area contributed by atoms with Crippen LogP contribution in [-0.2, 0) is 4.79 Å². The molecule has 3 rings (SSSR count). The molecule has 0 radical (unpaired) electrons. The molecule has 6 nitrogen and oxygen atoms in total. The van der Waals surface area contributed by atoms with Gasteiger partial charge in [-0.05, 0) is 18.9 Å². The minimum Gasteiger partial charge on any atom is -0.345 e. The molecule has 9 heteroatoms. The van der Waals surface area contributed by atoms with Gasteiger partial charge in [0.1, 0.15) is 5.82 Å². The number of rotatable bonds is 4. The maximum Gasteiger partial charge on any atom is 0.227 e. The smallest absolute Gasteiger partial charge is 0.227 e. The van der Waals surface area contributed by atoms with Crippen molar-refractivity contribution in [1.82, 2.24) is 14.3 Å². The van der Waals surface area contributed by atoms with Gasteiger partial charge in [-0.3, -0.25) is 4.79 Å². The van der Waals surface area contributed by atoms with Crippen molar-refractivity contribution < 1.29 is 4.79 Å². The van der Waals surface area contributed by atoms with Gasteiger partial charge in [0.15, 0.2) is 0 Å². The van der Waals surface area contributed by atoms with E-state index in [1.165, 1.54) is 11.5 Å². The van der Waals surface area contributed by atoms with Gasteiger partial charge in [-0.2, -0.15) is 4.37 Å². The van der Waals surface area contributed by atoms with Crippen molar-refractivity contribution in [2.75, 3.05) is 31.1 Å². The van der Waals surface area contributed by atoms with E-state index in [1.807, 2.05) is 49.1 Å². The van der Waals surface area contributed by atoms with Crippen molar-refractivity contribution in [1.29, 1.82) is 0 Å². The molecule has 1 aliphatic heterocycles. The molecular weight excluding hydrogens is 405 g/mol. The summed E-state index contributed by atoms with van der Waals surface area (Å²) in [7, 11) is 0. The Balaban J connectivity index is 0.00000182. The number of anilines is 1. The van der Waals surface area contributed by atoms with Crippen molar-refractivity contribution >= 4 is 47.4 Å². The summed E-state index contributed by atoms with van der Waals surface area (Å²) in [5.74, 6) is 0.698. The monoisotopic (exact) mass is 431 g/mol. The number of amides is 1. The van der Waals surface area contributed by atoms with Crippen LogP contribution in [-0.4, -0.2) is 46.3 Å². The molecule has 1 saturated heterocycles. The Kier molecular flexibility index (Phi) is 9.45. The predicted molar refractivity (Wildman–Crippen MR) is 115 cm³/mol. The van der Waals surface area contributed by atoms with E-state index in [2.05, 4.69) is 14.3 Å². The van der Waals surface area contributed by atoms with Crippen LogP contribution in [0, 0.1) is 12.8 Å². The summed E-state index contributed by atoms with van der Waals surface area (Å²) in [6, 6.07) is 9.56. The zero-order valence-corrected chi connectivity index (χ0v) is 18.0. The van der Waals surface area contributed by atoms with Gasteiger partial charge in [-0.25, -0.2) is 4.98 Å². The molecule has 27 heavy (non-hydrogen) atoms. The van der Waals surface area contributed by atoms with Crippen molar-refractivity contribution in [3.05, 3.63) is 41.7 Å². The zero-order chi connectivity index (χ0) is 17.8. The highest BCUT2D eigenvalue weighted by Gasteiger charge is 2.28. The fourth-order valence-corrected chi connectivity index (χ4v) is 3.87. The molecule has 1 aromatic heterocycles. The molecule has 1 amide bonds. The summed E-state index contributed by atoms with van der Waals surface area (Å²) in [5.41, 5.74) is 7.34. The Hall–Kier alpha value is -1.41. The Morgan fingerprint density at radius 3 is 2.48 bits per heavy atom. The first-order valence-electron chi connectivity index (χ1n) is 8.71. The van der Waals surface area contributed by atoms with Crippen LogP contribution in [0.5, 0.6) is 0 Å². The summed E-state index contributed by atoms with van der Waals surface area (Å²) >= 11 is 1.42. The third-order valence-electron chi connectivity index (χ3n) is 4.71. The molecule has 2 unspecified atom stereocenters. The molecule has 0 saturated carbocycles. The van der Waals surface area contributed by atoms with Crippen LogP contribution in [0.25, 0.3) is 0 Å². The lowest BCUT2D eigenvalue weighted by molar-refractivity contribution is -0.135. The number of hydrogen-bond acceptors (Lipinski definition) is 6. The van der Waals surface area contributed by atoms with Crippen LogP contribution in [0.2, 0.25) is 0 Å². The van der Waals surface area contributed by atoms with Gasteiger partial charge >= 0.3 is 0 Å². The first kappa shape index (κ1) is 23.6. The quantitative estimate of drug-likeness (QED) is 0.804. The molecule has 150 valence electrons. The number of carbonyl (C=O) groups excluding carboxylic acids is 1. The SMILES string of the molecule is Cc1nsc(N2CCCN(C(=O)C(C)C(N)c3ccccc3)CC2)n1.Cl.Cl. The Morgan fingerprint density at radius 1 is 1.15 bits per heavy atom. The van der Waals surface area contributed by atoms with E-state index in [0.717, 1.165) is 42.6 Å². The zero-order valence-electron chi connectivity index (χ0n) is 15.6. The molecule has 0 bridgehead atoms. The molecule has 0 spiro atoms. The average molecular weight is 432 g/mol. The Bertz CT molecular complexity index is 715. The van der Waals surface area contributed by atoms with Gasteiger partial charge in [0.2, 0.25) is 11.0 Å². The third-order valence-corrected chi connectivity index (χ3v) is 5.58. The Labute approximate surface area is 177 Å². The second-order valence-corrected chi connectivity index (χ2v) is 7.25. The summed E-state index contributed by atoms with van der Waals surface area (Å²) in [6.45, 7) is 6.98. The van der Waals surface area contributed by atoms with Gasteiger partial charge < -0.3 is 15.5 Å². The normalized spacial score (nSPS) is 16.6. The van der Waals surface area contributed by atoms with Crippen LogP contribution in [0.15, 0.2) is 30.3 Å². The van der Waals surface area contributed by atoms with Crippen LogP contribution in [0.1, 0.15) is 30.8 Å². The largest absolute Gasteiger partial charge is 0.345 e. The first-order valence-corrected chi connectivity index (χ1v) is 9.48. The van der Waals surface area contributed by atoms with E-state index < -0.39 is 0 Å². The maximum absolute atomic E-state index is 12.9. The topological polar surface area (TPSA) is 75.4 Å². The molecule has 1 aromatic carbocycles. The number of benzene rings is 1. The minimum absolute atomic E-state index is 0. The molecule has 2 N–H and O–H groups in total. The number of nitrogens with two attached hydrogens (primary N) is 1. The highest BCUT2D eigenvalue weighted by atomic mass is 35.5. The number of aromatic nitrogens is 2. The van der Waals surface area contributed by atoms with Crippen molar-refractivity contribution in [2.24, 2.45) is 11.7 Å². The number of carbonyl (C=O) groups is 1. The van der Waals surface area contributed by atoms with E-state index in [1.54, 1.807) is 0 Å². The van der Waals surface area contributed by atoms with Crippen LogP contribution in [0.4, 0.5) is 5.13 Å². The molecule has 0 aliphatic carbocycles. The highest BCUT2D eigenvalue weighted by Crippen LogP contribution is 2.23. The number of nitrogens with zero attached hydrogens (tertiary/aromatic N) is 4. The van der Waals surface area contributed by atoms with Crippen LogP contribution < -0.4 is 10.6 Å².